The van der Waals surface area contributed by atoms with Crippen LogP contribution in [-0.4, -0.2) is 19.5 Å². The Kier molecular flexibility index (Phi) is 5.83. The number of carbonyl (C=O) groups is 1. The highest BCUT2D eigenvalue weighted by atomic mass is 32.2. The first-order chi connectivity index (χ1) is 13.0. The van der Waals surface area contributed by atoms with Crippen LogP contribution in [0.3, 0.4) is 0 Å². The molecule has 0 aliphatic heterocycles. The first-order valence-corrected chi connectivity index (χ1v) is 10.5. The molecule has 0 unspecified atom stereocenters. The molecule has 0 saturated heterocycles. The molecule has 0 aliphatic carbocycles. The Hall–Kier alpha value is -2.77. The fourth-order valence-corrected chi connectivity index (χ4v) is 4.50. The molecule has 0 fully saturated rings. The number of carboxylic acid groups (broad SMARTS) is 1. The van der Waals surface area contributed by atoms with Crippen LogP contribution in [0.1, 0.15) is 15.9 Å². The van der Waals surface area contributed by atoms with E-state index in [1.807, 2.05) is 42.5 Å². The van der Waals surface area contributed by atoms with Gasteiger partial charge in [0.15, 0.2) is 0 Å². The molecule has 27 heavy (non-hydrogen) atoms. The number of aromatic carboxylic acids is 1. The number of hydrogen-bond acceptors (Lipinski definition) is 4. The maximum Gasteiger partial charge on any atom is 0.335 e. The lowest BCUT2D eigenvalue weighted by atomic mass is 10.2. The monoisotopic (exact) mass is 399 g/mol. The highest BCUT2D eigenvalue weighted by Crippen LogP contribution is 2.31. The van der Waals surface area contributed by atoms with Gasteiger partial charge >= 0.3 is 5.97 Å². The number of nitrogens with one attached hydrogen (secondary N) is 1. The molecule has 0 bridgehead atoms. The second-order valence-corrected chi connectivity index (χ2v) is 8.41. The molecule has 0 radical (unpaired) electrons. The molecule has 0 aliphatic rings. The van der Waals surface area contributed by atoms with Gasteiger partial charge < -0.3 is 5.11 Å². The lowest BCUT2D eigenvalue weighted by Gasteiger charge is -2.12. The Morgan fingerprint density at radius 3 is 2.19 bits per heavy atom. The maximum absolute atomic E-state index is 12.6. The molecule has 138 valence electrons. The van der Waals surface area contributed by atoms with E-state index in [9.17, 15) is 13.2 Å². The van der Waals surface area contributed by atoms with Crippen LogP contribution >= 0.6 is 11.8 Å². The minimum atomic E-state index is -3.82. The summed E-state index contributed by atoms with van der Waals surface area (Å²) in [6.07, 6.45) is 0. The summed E-state index contributed by atoms with van der Waals surface area (Å²) in [5, 5.41) is 8.94. The van der Waals surface area contributed by atoms with Crippen molar-refractivity contribution < 1.29 is 18.3 Å². The molecule has 0 heterocycles. The first-order valence-electron chi connectivity index (χ1n) is 8.08. The average Bonchev–Trinajstić information content (AvgIpc) is 2.68. The van der Waals surface area contributed by atoms with E-state index in [1.54, 1.807) is 12.1 Å². The number of benzene rings is 3. The number of para-hydroxylation sites is 1. The molecule has 3 aromatic carbocycles. The van der Waals surface area contributed by atoms with Gasteiger partial charge in [-0.3, -0.25) is 4.72 Å². The van der Waals surface area contributed by atoms with Crippen LogP contribution in [0.15, 0.2) is 88.7 Å². The summed E-state index contributed by atoms with van der Waals surface area (Å²) in [6.45, 7) is 0. The van der Waals surface area contributed by atoms with Gasteiger partial charge in [-0.2, -0.15) is 0 Å². The van der Waals surface area contributed by atoms with Crippen LogP contribution in [0.2, 0.25) is 0 Å². The van der Waals surface area contributed by atoms with Crippen molar-refractivity contribution in [3.05, 3.63) is 90.0 Å². The summed E-state index contributed by atoms with van der Waals surface area (Å²) in [5.74, 6) is -0.387. The van der Waals surface area contributed by atoms with E-state index in [4.69, 9.17) is 5.11 Å². The number of hydrogen-bond donors (Lipinski definition) is 2. The topological polar surface area (TPSA) is 83.5 Å². The Morgan fingerprint density at radius 2 is 1.52 bits per heavy atom. The smallest absolute Gasteiger partial charge is 0.335 e. The molecule has 2 N–H and O–H groups in total. The minimum Gasteiger partial charge on any atom is -0.478 e. The van der Waals surface area contributed by atoms with Gasteiger partial charge in [0.1, 0.15) is 0 Å². The van der Waals surface area contributed by atoms with Crippen molar-refractivity contribution in [3.63, 3.8) is 0 Å². The fourth-order valence-electron chi connectivity index (χ4n) is 2.39. The van der Waals surface area contributed by atoms with E-state index in [-0.39, 0.29) is 10.5 Å². The predicted octanol–water partition coefficient (Wildman–Crippen LogP) is 4.48. The molecule has 0 spiro atoms. The van der Waals surface area contributed by atoms with Crippen molar-refractivity contribution in [3.8, 4) is 0 Å². The summed E-state index contributed by atoms with van der Waals surface area (Å²) < 4.78 is 27.9. The van der Waals surface area contributed by atoms with Gasteiger partial charge in [-0.25, -0.2) is 13.2 Å². The Bertz CT molecular complexity index is 1030. The quantitative estimate of drug-likeness (QED) is 0.573. The zero-order chi connectivity index (χ0) is 19.3. The molecule has 0 atom stereocenters. The number of sulfonamides is 1. The second kappa shape index (κ2) is 8.28. The Labute approximate surface area is 162 Å². The van der Waals surface area contributed by atoms with Crippen molar-refractivity contribution in [2.45, 2.75) is 15.5 Å². The number of anilines is 1. The zero-order valence-corrected chi connectivity index (χ0v) is 15.8. The minimum absolute atomic E-state index is 0.00959. The second-order valence-electron chi connectivity index (χ2n) is 5.71. The van der Waals surface area contributed by atoms with E-state index >= 15 is 0 Å². The Balaban J connectivity index is 1.79. The molecule has 5 nitrogen and oxygen atoms in total. The van der Waals surface area contributed by atoms with Crippen molar-refractivity contribution in [2.75, 3.05) is 4.72 Å². The summed E-state index contributed by atoms with van der Waals surface area (Å²) in [5.41, 5.74) is 1.66. The molecule has 7 heteroatoms. The maximum atomic E-state index is 12.6. The number of rotatable bonds is 7. The molecular weight excluding hydrogens is 382 g/mol. The number of thioether (sulfide) groups is 1. The van der Waals surface area contributed by atoms with Gasteiger partial charge in [-0.1, -0.05) is 42.5 Å². The fraction of sp³-hybridized carbons (Fsp3) is 0.0500. The van der Waals surface area contributed by atoms with Gasteiger partial charge in [0, 0.05) is 10.6 Å². The Morgan fingerprint density at radius 1 is 0.889 bits per heavy atom. The standard InChI is InChI=1S/C20H17NO4S2/c22-20(23)16-10-12-17(13-11-16)27(24,25)21-18-8-4-5-9-19(18)26-14-15-6-2-1-3-7-15/h1-13,21H,14H2,(H,22,23). The summed E-state index contributed by atoms with van der Waals surface area (Å²) in [4.78, 5) is 11.7. The normalized spacial score (nSPS) is 11.1. The van der Waals surface area contributed by atoms with E-state index in [0.717, 1.165) is 10.5 Å². The van der Waals surface area contributed by atoms with E-state index in [2.05, 4.69) is 4.72 Å². The van der Waals surface area contributed by atoms with Gasteiger partial charge in [0.05, 0.1) is 16.1 Å². The molecule has 3 rings (SSSR count). The number of carboxylic acids is 1. The third kappa shape index (κ3) is 4.90. The summed E-state index contributed by atoms with van der Waals surface area (Å²) in [6, 6.07) is 22.2. The van der Waals surface area contributed by atoms with Crippen molar-refractivity contribution in [1.29, 1.82) is 0 Å². The van der Waals surface area contributed by atoms with Crippen LogP contribution in [0.25, 0.3) is 0 Å². The highest BCUT2D eigenvalue weighted by molar-refractivity contribution is 7.98. The van der Waals surface area contributed by atoms with Crippen molar-refractivity contribution in [2.24, 2.45) is 0 Å². The molecule has 3 aromatic rings. The SMILES string of the molecule is O=C(O)c1ccc(S(=O)(=O)Nc2ccccc2SCc2ccccc2)cc1. The van der Waals surface area contributed by atoms with Gasteiger partial charge in [0.2, 0.25) is 0 Å². The molecule has 0 saturated carbocycles. The highest BCUT2D eigenvalue weighted by Gasteiger charge is 2.17. The van der Waals surface area contributed by atoms with Crippen LogP contribution < -0.4 is 4.72 Å². The third-order valence-corrected chi connectivity index (χ3v) is 6.31. The summed E-state index contributed by atoms with van der Waals surface area (Å²) >= 11 is 1.54. The van der Waals surface area contributed by atoms with Gasteiger partial charge in [-0.05, 0) is 42.0 Å². The van der Waals surface area contributed by atoms with Crippen LogP contribution in [-0.2, 0) is 15.8 Å². The van der Waals surface area contributed by atoms with E-state index < -0.39 is 16.0 Å². The van der Waals surface area contributed by atoms with Crippen molar-refractivity contribution >= 4 is 33.4 Å². The molecular formula is C20H17NO4S2. The largest absolute Gasteiger partial charge is 0.478 e. The van der Waals surface area contributed by atoms with Gasteiger partial charge in [-0.15, -0.1) is 11.8 Å². The van der Waals surface area contributed by atoms with Crippen LogP contribution in [0, 0.1) is 0 Å². The third-order valence-electron chi connectivity index (χ3n) is 3.78. The lowest BCUT2D eigenvalue weighted by Crippen LogP contribution is -2.13. The van der Waals surface area contributed by atoms with E-state index in [1.165, 1.54) is 36.0 Å². The van der Waals surface area contributed by atoms with Crippen LogP contribution in [0.5, 0.6) is 0 Å². The van der Waals surface area contributed by atoms with Crippen LogP contribution in [0.4, 0.5) is 5.69 Å². The average molecular weight is 399 g/mol. The molecule has 0 aromatic heterocycles. The zero-order valence-electron chi connectivity index (χ0n) is 14.2. The predicted molar refractivity (Wildman–Crippen MR) is 107 cm³/mol. The van der Waals surface area contributed by atoms with Crippen molar-refractivity contribution in [1.82, 2.24) is 0 Å². The lowest BCUT2D eigenvalue weighted by molar-refractivity contribution is 0.0696. The summed E-state index contributed by atoms with van der Waals surface area (Å²) in [7, 11) is -3.82. The van der Waals surface area contributed by atoms with Gasteiger partial charge in [0.25, 0.3) is 10.0 Å². The van der Waals surface area contributed by atoms with E-state index in [0.29, 0.717) is 11.4 Å². The molecule has 0 amide bonds. The first kappa shape index (κ1) is 19.0.